The Morgan fingerprint density at radius 1 is 1.27 bits per heavy atom. The molecule has 4 atom stereocenters. The van der Waals surface area contributed by atoms with Gasteiger partial charge in [-0.3, -0.25) is 0 Å². The van der Waals surface area contributed by atoms with Crippen molar-refractivity contribution in [1.82, 2.24) is 0 Å². The first-order valence-electron chi connectivity index (χ1n) is 9.71. The predicted octanol–water partition coefficient (Wildman–Crippen LogP) is 0.916. The lowest BCUT2D eigenvalue weighted by atomic mass is 9.79. The Balaban J connectivity index is 2.04. The van der Waals surface area contributed by atoms with Gasteiger partial charge in [-0.25, -0.2) is 9.59 Å². The summed E-state index contributed by atoms with van der Waals surface area (Å²) in [6, 6.07) is 4.45. The summed E-state index contributed by atoms with van der Waals surface area (Å²) < 4.78 is 15.2. The molecule has 9 heteroatoms. The largest absolute Gasteiger partial charge is 0.504 e. The summed E-state index contributed by atoms with van der Waals surface area (Å²) in [5.41, 5.74) is -1.52. The van der Waals surface area contributed by atoms with Crippen molar-refractivity contribution in [2.75, 3.05) is 13.7 Å². The Morgan fingerprint density at radius 3 is 2.67 bits per heavy atom. The van der Waals surface area contributed by atoms with Crippen LogP contribution in [0.25, 0.3) is 6.08 Å². The van der Waals surface area contributed by atoms with Crippen molar-refractivity contribution in [2.24, 2.45) is 0 Å². The smallest absolute Gasteiger partial charge is 0.338 e. The monoisotopic (exact) mass is 424 g/mol. The number of benzene rings is 1. The molecule has 4 N–H and O–H groups in total. The second kappa shape index (κ2) is 10.4. The van der Waals surface area contributed by atoms with Gasteiger partial charge in [-0.05, 0) is 30.2 Å². The summed E-state index contributed by atoms with van der Waals surface area (Å²) in [7, 11) is 1.39. The third-order valence-corrected chi connectivity index (χ3v) is 4.86. The number of aliphatic hydroxyl groups excluding tert-OH is 2. The van der Waals surface area contributed by atoms with Crippen LogP contribution in [0.4, 0.5) is 0 Å². The van der Waals surface area contributed by atoms with Crippen molar-refractivity contribution in [3.8, 4) is 11.5 Å². The van der Waals surface area contributed by atoms with Gasteiger partial charge >= 0.3 is 11.9 Å². The molecule has 9 nitrogen and oxygen atoms in total. The number of aromatic hydroxyl groups is 1. The van der Waals surface area contributed by atoms with E-state index < -0.39 is 48.7 Å². The quantitative estimate of drug-likeness (QED) is 0.272. The summed E-state index contributed by atoms with van der Waals surface area (Å²) >= 11 is 0. The topological polar surface area (TPSA) is 143 Å². The summed E-state index contributed by atoms with van der Waals surface area (Å²) in [6.07, 6.45) is -1.14. The lowest BCUT2D eigenvalue weighted by Gasteiger charge is -2.39. The van der Waals surface area contributed by atoms with E-state index in [-0.39, 0.29) is 18.1 Å². The zero-order valence-corrected chi connectivity index (χ0v) is 17.0. The molecule has 1 aromatic rings. The summed E-state index contributed by atoms with van der Waals surface area (Å²) in [5, 5.41) is 40.4. The molecule has 1 saturated carbocycles. The number of aliphatic hydroxyl groups is 3. The van der Waals surface area contributed by atoms with Gasteiger partial charge in [-0.15, -0.1) is 0 Å². The number of phenols is 1. The number of hydrogen-bond donors (Lipinski definition) is 4. The maximum absolute atomic E-state index is 12.2. The molecule has 0 spiro atoms. The second-order valence-corrected chi connectivity index (χ2v) is 7.23. The molecule has 2 rings (SSSR count). The van der Waals surface area contributed by atoms with Crippen LogP contribution in [0.1, 0.15) is 38.2 Å². The van der Waals surface area contributed by atoms with Crippen molar-refractivity contribution in [2.45, 2.75) is 56.5 Å². The van der Waals surface area contributed by atoms with Gasteiger partial charge in [0.15, 0.2) is 17.1 Å². The normalized spacial score (nSPS) is 26.4. The van der Waals surface area contributed by atoms with E-state index in [1.807, 2.05) is 6.92 Å². The Labute approximate surface area is 174 Å². The average molecular weight is 424 g/mol. The van der Waals surface area contributed by atoms with Crippen molar-refractivity contribution >= 4 is 18.0 Å². The molecule has 1 aromatic carbocycles. The molecule has 1 aliphatic carbocycles. The number of ether oxygens (including phenoxy) is 3. The fraction of sp³-hybridized carbons (Fsp3) is 0.524. The first-order valence-corrected chi connectivity index (χ1v) is 9.71. The molecule has 0 heterocycles. The van der Waals surface area contributed by atoms with E-state index in [1.165, 1.54) is 25.3 Å². The third-order valence-electron chi connectivity index (χ3n) is 4.86. The minimum absolute atomic E-state index is 0.0540. The molecule has 30 heavy (non-hydrogen) atoms. The number of carbonyl (C=O) groups is 2. The molecule has 0 aromatic heterocycles. The summed E-state index contributed by atoms with van der Waals surface area (Å²) in [5.74, 6) is -1.60. The fourth-order valence-electron chi connectivity index (χ4n) is 3.12. The average Bonchev–Trinajstić information content (AvgIpc) is 2.71. The number of carbonyl (C=O) groups excluding carboxylic acids is 2. The van der Waals surface area contributed by atoms with Crippen LogP contribution in [0, 0.1) is 0 Å². The standard InChI is InChI=1S/C21H28O9/c1-3-4-9-29-20(26)21(27)11-15(23)19(25)17(12-21)30-18(24)8-6-13-5-7-14(22)16(10-13)28-2/h5-8,10,15,17,19,22-23,25,27H,3-4,9,11-12H2,1-2H3/b8-6+/t15?,17?,19-,21+/m1/s1. The minimum atomic E-state index is -2.06. The van der Waals surface area contributed by atoms with E-state index in [9.17, 15) is 30.0 Å². The molecule has 1 aliphatic rings. The fourth-order valence-corrected chi connectivity index (χ4v) is 3.12. The van der Waals surface area contributed by atoms with E-state index in [4.69, 9.17) is 14.2 Å². The number of unbranched alkanes of at least 4 members (excludes halogenated alkanes) is 1. The Morgan fingerprint density at radius 2 is 2.00 bits per heavy atom. The molecular weight excluding hydrogens is 396 g/mol. The number of rotatable bonds is 8. The van der Waals surface area contributed by atoms with Crippen LogP contribution in [-0.2, 0) is 19.1 Å². The summed E-state index contributed by atoms with van der Waals surface area (Å²) in [6.45, 7) is 2.04. The molecule has 0 radical (unpaired) electrons. The van der Waals surface area contributed by atoms with Gasteiger partial charge in [-0.1, -0.05) is 19.4 Å². The number of methoxy groups -OCH3 is 1. The molecule has 0 amide bonds. The van der Waals surface area contributed by atoms with Crippen LogP contribution in [0.5, 0.6) is 11.5 Å². The Hall–Kier alpha value is -2.62. The lowest BCUT2D eigenvalue weighted by Crippen LogP contribution is -2.57. The van der Waals surface area contributed by atoms with Gasteiger partial charge in [0.05, 0.1) is 19.8 Å². The lowest BCUT2D eigenvalue weighted by molar-refractivity contribution is -0.200. The maximum atomic E-state index is 12.2. The molecule has 0 bridgehead atoms. The molecule has 166 valence electrons. The van der Waals surface area contributed by atoms with Gasteiger partial charge in [-0.2, -0.15) is 0 Å². The SMILES string of the molecule is CCCCOC(=O)[C@]1(O)CC(O)[C@@H](O)C(OC(=O)/C=C/c2ccc(O)c(OC)c2)C1. The van der Waals surface area contributed by atoms with E-state index in [0.29, 0.717) is 12.0 Å². The highest BCUT2D eigenvalue weighted by atomic mass is 16.6. The molecule has 0 saturated heterocycles. The molecular formula is C21H28O9. The first-order chi connectivity index (χ1) is 14.2. The van der Waals surface area contributed by atoms with Gasteiger partial charge in [0.2, 0.25) is 0 Å². The summed E-state index contributed by atoms with van der Waals surface area (Å²) in [4.78, 5) is 24.4. The molecule has 2 unspecified atom stereocenters. The van der Waals surface area contributed by atoms with Gasteiger partial charge in [0.25, 0.3) is 0 Å². The van der Waals surface area contributed by atoms with Crippen molar-refractivity contribution in [3.63, 3.8) is 0 Å². The van der Waals surface area contributed by atoms with Crippen molar-refractivity contribution < 1.29 is 44.2 Å². The van der Waals surface area contributed by atoms with Crippen molar-refractivity contribution in [1.29, 1.82) is 0 Å². The van der Waals surface area contributed by atoms with E-state index in [0.717, 1.165) is 12.5 Å². The van der Waals surface area contributed by atoms with Crippen LogP contribution in [-0.4, -0.2) is 70.0 Å². The number of hydrogen-bond acceptors (Lipinski definition) is 9. The van der Waals surface area contributed by atoms with Crippen molar-refractivity contribution in [3.05, 3.63) is 29.8 Å². The highest BCUT2D eigenvalue weighted by Gasteiger charge is 2.51. The maximum Gasteiger partial charge on any atom is 0.338 e. The van der Waals surface area contributed by atoms with Crippen LogP contribution < -0.4 is 4.74 Å². The highest BCUT2D eigenvalue weighted by molar-refractivity contribution is 5.87. The van der Waals surface area contributed by atoms with Crippen LogP contribution in [0.3, 0.4) is 0 Å². The molecule has 1 fully saturated rings. The first kappa shape index (κ1) is 23.7. The van der Waals surface area contributed by atoms with E-state index in [1.54, 1.807) is 6.07 Å². The number of phenolic OH excluding ortho intramolecular Hbond substituents is 1. The Bertz CT molecular complexity index is 776. The predicted molar refractivity (Wildman–Crippen MR) is 106 cm³/mol. The molecule has 0 aliphatic heterocycles. The van der Waals surface area contributed by atoms with Gasteiger partial charge in [0, 0.05) is 18.9 Å². The third kappa shape index (κ3) is 5.94. The zero-order chi connectivity index (χ0) is 22.3. The highest BCUT2D eigenvalue weighted by Crippen LogP contribution is 2.32. The van der Waals surface area contributed by atoms with Gasteiger partial charge in [0.1, 0.15) is 12.2 Å². The van der Waals surface area contributed by atoms with E-state index in [2.05, 4.69) is 0 Å². The zero-order valence-electron chi connectivity index (χ0n) is 17.0. The van der Waals surface area contributed by atoms with Crippen LogP contribution in [0.2, 0.25) is 0 Å². The number of esters is 2. The van der Waals surface area contributed by atoms with E-state index >= 15 is 0 Å². The second-order valence-electron chi connectivity index (χ2n) is 7.23. The van der Waals surface area contributed by atoms with Crippen LogP contribution >= 0.6 is 0 Å². The van der Waals surface area contributed by atoms with Crippen LogP contribution in [0.15, 0.2) is 24.3 Å². The Kier molecular flexibility index (Phi) is 8.22. The minimum Gasteiger partial charge on any atom is -0.504 e. The van der Waals surface area contributed by atoms with Gasteiger partial charge < -0.3 is 34.6 Å².